The number of carbonyl (C=O) groups is 4. The second kappa shape index (κ2) is 46.9. The first kappa shape index (κ1) is 64.9. The minimum absolute atomic E-state index is 0.00427. The van der Waals surface area contributed by atoms with Crippen LogP contribution in [0.2, 0.25) is 0 Å². The molecule has 6 atom stereocenters. The number of allylic oxidation sites excluding steroid dienone is 14. The van der Waals surface area contributed by atoms with Gasteiger partial charge in [0, 0.05) is 19.3 Å². The Balaban J connectivity index is 2.74. The first-order valence-corrected chi connectivity index (χ1v) is 27.6. The molecule has 12 heteroatoms. The van der Waals surface area contributed by atoms with Gasteiger partial charge in [-0.15, -0.1) is 0 Å². The molecule has 1 rings (SSSR count). The zero-order chi connectivity index (χ0) is 51.8. The first-order valence-electron chi connectivity index (χ1n) is 27.6. The Hall–Kier alpha value is -4.10. The maximum Gasteiger partial charge on any atom is 0.335 e. The number of carbonyl (C=O) groups excluding carboxylic acids is 3. The van der Waals surface area contributed by atoms with Crippen molar-refractivity contribution in [2.24, 2.45) is 0 Å². The predicted octanol–water partition coefficient (Wildman–Crippen LogP) is 13.6. The number of esters is 3. The highest BCUT2D eigenvalue weighted by Crippen LogP contribution is 2.26. The molecular formula is C59H96O12. The van der Waals surface area contributed by atoms with Crippen LogP contribution in [-0.4, -0.2) is 89.2 Å². The van der Waals surface area contributed by atoms with Gasteiger partial charge < -0.3 is 39.0 Å². The zero-order valence-electron chi connectivity index (χ0n) is 44.2. The second-order valence-electron chi connectivity index (χ2n) is 18.5. The monoisotopic (exact) mass is 997 g/mol. The minimum Gasteiger partial charge on any atom is -0.479 e. The summed E-state index contributed by atoms with van der Waals surface area (Å²) in [6, 6.07) is 0. The normalized spacial score (nSPS) is 19.1. The van der Waals surface area contributed by atoms with Gasteiger partial charge in [0.2, 0.25) is 0 Å². The van der Waals surface area contributed by atoms with Gasteiger partial charge in [0.15, 0.2) is 24.6 Å². The van der Waals surface area contributed by atoms with E-state index in [-0.39, 0.29) is 25.9 Å². The maximum absolute atomic E-state index is 13.1. The highest BCUT2D eigenvalue weighted by Gasteiger charge is 2.50. The number of ether oxygens (including phenoxy) is 5. The van der Waals surface area contributed by atoms with E-state index in [1.807, 2.05) is 0 Å². The third kappa shape index (κ3) is 37.3. The molecule has 71 heavy (non-hydrogen) atoms. The number of aliphatic hydroxyl groups excluding tert-OH is 2. The molecule has 0 amide bonds. The lowest BCUT2D eigenvalue weighted by atomic mass is 9.98. The van der Waals surface area contributed by atoms with E-state index in [2.05, 4.69) is 106 Å². The van der Waals surface area contributed by atoms with E-state index in [1.165, 1.54) is 44.9 Å². The highest BCUT2D eigenvalue weighted by molar-refractivity contribution is 5.74. The Kier molecular flexibility index (Phi) is 42.9. The van der Waals surface area contributed by atoms with Crippen LogP contribution in [0.1, 0.15) is 213 Å². The molecule has 1 heterocycles. The van der Waals surface area contributed by atoms with Crippen LogP contribution < -0.4 is 0 Å². The van der Waals surface area contributed by atoms with Crippen molar-refractivity contribution in [1.82, 2.24) is 0 Å². The average Bonchev–Trinajstić information content (AvgIpc) is 3.35. The average molecular weight is 997 g/mol. The van der Waals surface area contributed by atoms with Gasteiger partial charge >= 0.3 is 23.9 Å². The standard InChI is InChI=1S/C59H96O12/c1-4-7-10-13-16-19-22-24-26-28-31-33-36-39-42-45-51(60)67-48-50(69-52(61)46-43-40-37-34-30-21-18-15-12-9-6-3)49-68-59-57(55(64)54(63)56(71-59)58(65)66)70-53(62)47-44-41-38-35-32-29-27-25-23-20-17-14-11-8-5-2/h7-8,10-11,16-17,19-20,24-27,32,35,50,54-57,59,63-64H,4-6,9,12-15,18,21-23,28-31,33-34,36-49H2,1-3H3,(H,65,66)/b10-7-,11-8-,19-16-,20-17-,26-24-,27-25-,35-32-. The van der Waals surface area contributed by atoms with Crippen LogP contribution in [0.3, 0.4) is 0 Å². The van der Waals surface area contributed by atoms with E-state index in [9.17, 15) is 34.5 Å². The SMILES string of the molecule is CC/C=C\C/C=C\C/C=C\C/C=C\CCCCC(=O)OC1C(OCC(COC(=O)CCCCCCC/C=C\C/C=C\C/C=C\CC)OC(=O)CCCCCCCCCCCCC)OC(C(=O)O)C(O)C1O. The number of rotatable bonds is 45. The number of aliphatic carboxylic acids is 1. The van der Waals surface area contributed by atoms with Crippen molar-refractivity contribution in [2.45, 2.75) is 250 Å². The van der Waals surface area contributed by atoms with Crippen LogP contribution in [0.4, 0.5) is 0 Å². The van der Waals surface area contributed by atoms with Crippen molar-refractivity contribution >= 4 is 23.9 Å². The molecule has 1 aliphatic heterocycles. The highest BCUT2D eigenvalue weighted by atomic mass is 16.7. The second-order valence-corrected chi connectivity index (χ2v) is 18.5. The summed E-state index contributed by atoms with van der Waals surface area (Å²) in [5.41, 5.74) is 0. The summed E-state index contributed by atoms with van der Waals surface area (Å²) < 4.78 is 28.3. The van der Waals surface area contributed by atoms with E-state index < -0.39 is 67.3 Å². The molecule has 0 spiro atoms. The predicted molar refractivity (Wildman–Crippen MR) is 284 cm³/mol. The van der Waals surface area contributed by atoms with Gasteiger partial charge in [0.1, 0.15) is 18.8 Å². The number of hydrogen-bond donors (Lipinski definition) is 3. The summed E-state index contributed by atoms with van der Waals surface area (Å²) in [7, 11) is 0. The number of carboxylic acids is 1. The zero-order valence-corrected chi connectivity index (χ0v) is 44.2. The molecule has 0 radical (unpaired) electrons. The molecule has 0 aromatic carbocycles. The molecule has 0 saturated carbocycles. The van der Waals surface area contributed by atoms with E-state index in [4.69, 9.17) is 23.7 Å². The topological polar surface area (TPSA) is 175 Å². The van der Waals surface area contributed by atoms with Crippen molar-refractivity contribution < 1.29 is 58.2 Å². The van der Waals surface area contributed by atoms with Gasteiger partial charge in [0.05, 0.1) is 6.61 Å². The summed E-state index contributed by atoms with van der Waals surface area (Å²) in [5.74, 6) is -3.20. The summed E-state index contributed by atoms with van der Waals surface area (Å²) >= 11 is 0. The van der Waals surface area contributed by atoms with Gasteiger partial charge in [-0.3, -0.25) is 14.4 Å². The third-order valence-corrected chi connectivity index (χ3v) is 12.0. The van der Waals surface area contributed by atoms with Crippen LogP contribution in [0.25, 0.3) is 0 Å². The molecule has 0 bridgehead atoms. The number of unbranched alkanes of at least 4 members (excludes halogenated alkanes) is 17. The molecule has 1 fully saturated rings. The lowest BCUT2D eigenvalue weighted by Gasteiger charge is -2.40. The van der Waals surface area contributed by atoms with Crippen molar-refractivity contribution in [3.05, 3.63) is 85.1 Å². The molecule has 6 unspecified atom stereocenters. The summed E-state index contributed by atoms with van der Waals surface area (Å²) in [6.45, 7) is 5.70. The molecule has 0 aromatic rings. The van der Waals surface area contributed by atoms with Crippen molar-refractivity contribution in [1.29, 1.82) is 0 Å². The van der Waals surface area contributed by atoms with E-state index >= 15 is 0 Å². The van der Waals surface area contributed by atoms with E-state index in [1.54, 1.807) is 0 Å². The maximum atomic E-state index is 13.1. The molecule has 0 aromatic heterocycles. The van der Waals surface area contributed by atoms with Crippen LogP contribution in [0.5, 0.6) is 0 Å². The van der Waals surface area contributed by atoms with Crippen LogP contribution in [0, 0.1) is 0 Å². The molecule has 404 valence electrons. The van der Waals surface area contributed by atoms with Crippen molar-refractivity contribution in [2.75, 3.05) is 13.2 Å². The summed E-state index contributed by atoms with van der Waals surface area (Å²) in [4.78, 5) is 50.9. The molecule has 1 aliphatic rings. The van der Waals surface area contributed by atoms with Gasteiger partial charge in [0.25, 0.3) is 0 Å². The Bertz CT molecular complexity index is 1560. The molecule has 3 N–H and O–H groups in total. The van der Waals surface area contributed by atoms with Gasteiger partial charge in [-0.25, -0.2) is 4.79 Å². The quantitative estimate of drug-likeness (QED) is 0.0228. The Morgan fingerprint density at radius 2 is 0.887 bits per heavy atom. The van der Waals surface area contributed by atoms with Crippen molar-refractivity contribution in [3.8, 4) is 0 Å². The summed E-state index contributed by atoms with van der Waals surface area (Å²) in [5, 5.41) is 31.4. The Morgan fingerprint density at radius 3 is 1.38 bits per heavy atom. The number of carboxylic acid groups (broad SMARTS) is 1. The first-order chi connectivity index (χ1) is 34.6. The lowest BCUT2D eigenvalue weighted by molar-refractivity contribution is -0.301. The van der Waals surface area contributed by atoms with Crippen molar-refractivity contribution in [3.63, 3.8) is 0 Å². The fourth-order valence-corrected chi connectivity index (χ4v) is 7.78. The number of hydrogen-bond acceptors (Lipinski definition) is 11. The van der Waals surface area contributed by atoms with Gasteiger partial charge in [-0.1, -0.05) is 189 Å². The number of aliphatic hydroxyl groups is 2. The Morgan fingerprint density at radius 1 is 0.479 bits per heavy atom. The molecule has 0 aliphatic carbocycles. The minimum atomic E-state index is -1.92. The van der Waals surface area contributed by atoms with Gasteiger partial charge in [-0.05, 0) is 89.9 Å². The van der Waals surface area contributed by atoms with Crippen LogP contribution in [0.15, 0.2) is 85.1 Å². The van der Waals surface area contributed by atoms with E-state index in [0.29, 0.717) is 25.7 Å². The molecule has 1 saturated heterocycles. The smallest absolute Gasteiger partial charge is 0.335 e. The van der Waals surface area contributed by atoms with Gasteiger partial charge in [-0.2, -0.15) is 0 Å². The van der Waals surface area contributed by atoms with Crippen LogP contribution >= 0.6 is 0 Å². The fourth-order valence-electron chi connectivity index (χ4n) is 7.78. The summed E-state index contributed by atoms with van der Waals surface area (Å²) in [6.07, 6.45) is 47.1. The third-order valence-electron chi connectivity index (χ3n) is 12.0. The largest absolute Gasteiger partial charge is 0.479 e. The van der Waals surface area contributed by atoms with E-state index in [0.717, 1.165) is 103 Å². The molecular weight excluding hydrogens is 901 g/mol. The fraction of sp³-hybridized carbons (Fsp3) is 0.695. The lowest BCUT2D eigenvalue weighted by Crippen LogP contribution is -2.61. The Labute approximate surface area is 429 Å². The molecule has 12 nitrogen and oxygen atoms in total. The van der Waals surface area contributed by atoms with Crippen LogP contribution in [-0.2, 0) is 42.9 Å².